The van der Waals surface area contributed by atoms with Gasteiger partial charge in [0.25, 0.3) is 0 Å². The molecule has 1 amide bonds. The smallest absolute Gasteiger partial charge is 0.228 e. The molecular formula is C12H14N2O2. The molecule has 1 unspecified atom stereocenters. The summed E-state index contributed by atoms with van der Waals surface area (Å²) in [5.41, 5.74) is 1.95. The number of amides is 1. The van der Waals surface area contributed by atoms with Gasteiger partial charge in [-0.3, -0.25) is 4.79 Å². The Labute approximate surface area is 94.0 Å². The molecular weight excluding hydrogens is 204 g/mol. The van der Waals surface area contributed by atoms with E-state index in [1.54, 1.807) is 0 Å². The van der Waals surface area contributed by atoms with Crippen LogP contribution in [0.25, 0.3) is 0 Å². The van der Waals surface area contributed by atoms with Crippen molar-refractivity contribution in [3.8, 4) is 5.75 Å². The first kappa shape index (κ1) is 9.66. The van der Waals surface area contributed by atoms with E-state index in [2.05, 4.69) is 10.6 Å². The lowest BCUT2D eigenvalue weighted by molar-refractivity contribution is -0.115. The topological polar surface area (TPSA) is 50.4 Å². The highest BCUT2D eigenvalue weighted by atomic mass is 16.5. The molecule has 2 aliphatic heterocycles. The summed E-state index contributed by atoms with van der Waals surface area (Å²) in [5, 5.41) is 6.07. The summed E-state index contributed by atoms with van der Waals surface area (Å²) in [7, 11) is 0. The van der Waals surface area contributed by atoms with E-state index in [0.29, 0.717) is 6.42 Å². The van der Waals surface area contributed by atoms with Crippen molar-refractivity contribution in [2.75, 3.05) is 18.4 Å². The monoisotopic (exact) mass is 218 g/mol. The number of anilines is 1. The van der Waals surface area contributed by atoms with Crippen molar-refractivity contribution in [2.24, 2.45) is 0 Å². The van der Waals surface area contributed by atoms with Crippen molar-refractivity contribution in [3.63, 3.8) is 0 Å². The van der Waals surface area contributed by atoms with Crippen molar-refractivity contribution >= 4 is 11.6 Å². The summed E-state index contributed by atoms with van der Waals surface area (Å²) in [5.74, 6) is 0.929. The normalized spacial score (nSPS) is 23.0. The van der Waals surface area contributed by atoms with Gasteiger partial charge in [-0.15, -0.1) is 0 Å². The van der Waals surface area contributed by atoms with Crippen LogP contribution in [0.3, 0.4) is 0 Å². The zero-order valence-corrected chi connectivity index (χ0v) is 8.95. The van der Waals surface area contributed by atoms with Crippen LogP contribution in [-0.4, -0.2) is 25.1 Å². The quantitative estimate of drug-likeness (QED) is 0.776. The fraction of sp³-hybridized carbons (Fsp3) is 0.417. The van der Waals surface area contributed by atoms with Crippen LogP contribution in [0.15, 0.2) is 18.2 Å². The third kappa shape index (κ3) is 1.76. The average Bonchev–Trinajstić information content (AvgIpc) is 2.85. The van der Waals surface area contributed by atoms with Gasteiger partial charge in [0, 0.05) is 12.2 Å². The molecule has 4 nitrogen and oxygen atoms in total. The van der Waals surface area contributed by atoms with E-state index in [9.17, 15) is 4.79 Å². The van der Waals surface area contributed by atoms with Crippen LogP contribution in [-0.2, 0) is 11.2 Å². The molecule has 0 aliphatic carbocycles. The van der Waals surface area contributed by atoms with E-state index in [0.717, 1.165) is 36.5 Å². The molecule has 1 fully saturated rings. The Kier molecular flexibility index (Phi) is 2.29. The van der Waals surface area contributed by atoms with Crippen LogP contribution in [0.1, 0.15) is 12.0 Å². The van der Waals surface area contributed by atoms with Gasteiger partial charge in [0.1, 0.15) is 11.9 Å². The first-order valence-corrected chi connectivity index (χ1v) is 5.61. The molecule has 16 heavy (non-hydrogen) atoms. The lowest BCUT2D eigenvalue weighted by atomic mass is 10.1. The van der Waals surface area contributed by atoms with Gasteiger partial charge in [0.15, 0.2) is 0 Å². The minimum absolute atomic E-state index is 0.0645. The summed E-state index contributed by atoms with van der Waals surface area (Å²) < 4.78 is 5.83. The standard InChI is InChI=1S/C12H14N2O2/c15-12-6-8-5-9(1-2-11(8)14-12)16-10-3-4-13-7-10/h1-2,5,10,13H,3-4,6-7H2,(H,14,15). The Morgan fingerprint density at radius 1 is 1.38 bits per heavy atom. The van der Waals surface area contributed by atoms with Crippen LogP contribution >= 0.6 is 0 Å². The van der Waals surface area contributed by atoms with Crippen molar-refractivity contribution in [2.45, 2.75) is 18.9 Å². The summed E-state index contributed by atoms with van der Waals surface area (Å²) in [6, 6.07) is 5.80. The van der Waals surface area contributed by atoms with Crippen LogP contribution in [0.2, 0.25) is 0 Å². The number of rotatable bonds is 2. The Morgan fingerprint density at radius 3 is 3.12 bits per heavy atom. The largest absolute Gasteiger partial charge is 0.489 e. The van der Waals surface area contributed by atoms with Gasteiger partial charge in [-0.1, -0.05) is 0 Å². The second kappa shape index (κ2) is 3.79. The van der Waals surface area contributed by atoms with E-state index < -0.39 is 0 Å². The van der Waals surface area contributed by atoms with Gasteiger partial charge < -0.3 is 15.4 Å². The summed E-state index contributed by atoms with van der Waals surface area (Å²) in [4.78, 5) is 11.2. The Hall–Kier alpha value is -1.55. The molecule has 1 saturated heterocycles. The molecule has 0 spiro atoms. The van der Waals surface area contributed by atoms with E-state index >= 15 is 0 Å². The molecule has 2 aliphatic rings. The molecule has 2 heterocycles. The molecule has 1 aromatic carbocycles. The van der Waals surface area contributed by atoms with E-state index in [1.165, 1.54) is 0 Å². The Bertz CT molecular complexity index is 425. The number of hydrogen-bond acceptors (Lipinski definition) is 3. The molecule has 1 aromatic rings. The van der Waals surface area contributed by atoms with Gasteiger partial charge in [0.05, 0.1) is 6.42 Å². The van der Waals surface area contributed by atoms with Crippen LogP contribution in [0.5, 0.6) is 5.75 Å². The van der Waals surface area contributed by atoms with Gasteiger partial charge in [-0.05, 0) is 36.7 Å². The van der Waals surface area contributed by atoms with E-state index in [4.69, 9.17) is 4.74 Å². The van der Waals surface area contributed by atoms with Gasteiger partial charge >= 0.3 is 0 Å². The maximum Gasteiger partial charge on any atom is 0.228 e. The summed E-state index contributed by atoms with van der Waals surface area (Å²) >= 11 is 0. The predicted molar refractivity (Wildman–Crippen MR) is 60.7 cm³/mol. The third-order valence-corrected chi connectivity index (χ3v) is 3.02. The predicted octanol–water partition coefficient (Wildman–Crippen LogP) is 0.922. The maximum absolute atomic E-state index is 11.2. The van der Waals surface area contributed by atoms with Crippen molar-refractivity contribution in [3.05, 3.63) is 23.8 Å². The molecule has 0 saturated carbocycles. The van der Waals surface area contributed by atoms with Crippen LogP contribution < -0.4 is 15.4 Å². The zero-order chi connectivity index (χ0) is 11.0. The number of hydrogen-bond donors (Lipinski definition) is 2. The fourth-order valence-corrected chi connectivity index (χ4v) is 2.20. The second-order valence-electron chi connectivity index (χ2n) is 4.28. The highest BCUT2D eigenvalue weighted by Gasteiger charge is 2.20. The SMILES string of the molecule is O=C1Cc2cc(OC3CCNC3)ccc2N1. The number of carbonyl (C=O) groups excluding carboxylic acids is 1. The first-order chi connectivity index (χ1) is 7.81. The first-order valence-electron chi connectivity index (χ1n) is 5.61. The van der Waals surface area contributed by atoms with Crippen molar-refractivity contribution < 1.29 is 9.53 Å². The molecule has 84 valence electrons. The van der Waals surface area contributed by atoms with E-state index in [-0.39, 0.29) is 12.0 Å². The molecule has 1 atom stereocenters. The zero-order valence-electron chi connectivity index (χ0n) is 8.95. The molecule has 4 heteroatoms. The van der Waals surface area contributed by atoms with Crippen LogP contribution in [0.4, 0.5) is 5.69 Å². The molecule has 0 aromatic heterocycles. The highest BCUT2D eigenvalue weighted by Crippen LogP contribution is 2.28. The minimum Gasteiger partial charge on any atom is -0.489 e. The van der Waals surface area contributed by atoms with Crippen LogP contribution in [0, 0.1) is 0 Å². The molecule has 0 radical (unpaired) electrons. The molecule has 0 bridgehead atoms. The summed E-state index contributed by atoms with van der Waals surface area (Å²) in [6.45, 7) is 1.93. The van der Waals surface area contributed by atoms with Gasteiger partial charge in [-0.25, -0.2) is 0 Å². The summed E-state index contributed by atoms with van der Waals surface area (Å²) in [6.07, 6.45) is 1.78. The van der Waals surface area contributed by atoms with E-state index in [1.807, 2.05) is 18.2 Å². The Balaban J connectivity index is 1.76. The van der Waals surface area contributed by atoms with Crippen molar-refractivity contribution in [1.29, 1.82) is 0 Å². The number of nitrogens with one attached hydrogen (secondary N) is 2. The number of fused-ring (bicyclic) bond motifs is 1. The number of ether oxygens (including phenoxy) is 1. The second-order valence-corrected chi connectivity index (χ2v) is 4.28. The number of benzene rings is 1. The van der Waals surface area contributed by atoms with Gasteiger partial charge in [0.2, 0.25) is 5.91 Å². The molecule has 3 rings (SSSR count). The fourth-order valence-electron chi connectivity index (χ4n) is 2.20. The minimum atomic E-state index is 0.0645. The van der Waals surface area contributed by atoms with Crippen molar-refractivity contribution in [1.82, 2.24) is 5.32 Å². The average molecular weight is 218 g/mol. The maximum atomic E-state index is 11.2. The highest BCUT2D eigenvalue weighted by molar-refractivity contribution is 5.99. The lowest BCUT2D eigenvalue weighted by Gasteiger charge is -2.13. The lowest BCUT2D eigenvalue weighted by Crippen LogP contribution is -2.19. The Morgan fingerprint density at radius 2 is 2.31 bits per heavy atom. The third-order valence-electron chi connectivity index (χ3n) is 3.02. The molecule has 2 N–H and O–H groups in total. The number of carbonyl (C=O) groups is 1. The van der Waals surface area contributed by atoms with Gasteiger partial charge in [-0.2, -0.15) is 0 Å².